The summed E-state index contributed by atoms with van der Waals surface area (Å²) in [5.74, 6) is 0.540. The Kier molecular flexibility index (Phi) is 5.20. The van der Waals surface area contributed by atoms with Gasteiger partial charge in [-0.15, -0.1) is 11.3 Å². The summed E-state index contributed by atoms with van der Waals surface area (Å²) in [5, 5.41) is 4.33. The zero-order chi connectivity index (χ0) is 23.1. The molecule has 0 spiro atoms. The number of nitrogens with one attached hydrogen (secondary N) is 1. The number of H-pyrrole nitrogens is 1. The second-order valence-electron chi connectivity index (χ2n) is 7.72. The number of para-hydroxylation sites is 1. The van der Waals surface area contributed by atoms with Crippen LogP contribution in [0.25, 0.3) is 43.7 Å². The molecule has 164 valence electrons. The van der Waals surface area contributed by atoms with Gasteiger partial charge in [0.2, 0.25) is 0 Å². The second-order valence-corrected chi connectivity index (χ2v) is 9.50. The molecule has 0 atom stereocenters. The fourth-order valence-corrected chi connectivity index (χ4v) is 5.08. The van der Waals surface area contributed by atoms with Gasteiger partial charge in [0.05, 0.1) is 11.3 Å². The standard InChI is InChI=1S/C27H16BrN3O2S/c28-18-10-11-23-17(12-18)13-20(27(32)33-23)26-31-24(15-34-26)29-14-21-19-8-4-5-9-22(19)30-25(21)16-6-2-1-3-7-16/h1-15,30H/b29-14+. The first-order valence-corrected chi connectivity index (χ1v) is 12.2. The van der Waals surface area contributed by atoms with Crippen LogP contribution in [-0.2, 0) is 0 Å². The number of aromatic nitrogens is 2. The number of hydrogen-bond acceptors (Lipinski definition) is 5. The Morgan fingerprint density at radius 2 is 1.82 bits per heavy atom. The third kappa shape index (κ3) is 3.79. The van der Waals surface area contributed by atoms with Crippen molar-refractivity contribution in [1.29, 1.82) is 0 Å². The number of fused-ring (bicyclic) bond motifs is 2. The van der Waals surface area contributed by atoms with Gasteiger partial charge < -0.3 is 9.40 Å². The van der Waals surface area contributed by atoms with Gasteiger partial charge in [-0.3, -0.25) is 0 Å². The van der Waals surface area contributed by atoms with E-state index in [9.17, 15) is 4.79 Å². The molecule has 5 nitrogen and oxygen atoms in total. The summed E-state index contributed by atoms with van der Waals surface area (Å²) in [5.41, 5.74) is 4.67. The van der Waals surface area contributed by atoms with Crippen molar-refractivity contribution >= 4 is 61.2 Å². The van der Waals surface area contributed by atoms with Gasteiger partial charge in [-0.05, 0) is 35.9 Å². The fraction of sp³-hybridized carbons (Fsp3) is 0. The molecule has 3 aromatic carbocycles. The van der Waals surface area contributed by atoms with Crippen LogP contribution in [0.5, 0.6) is 0 Å². The van der Waals surface area contributed by atoms with Gasteiger partial charge in [0.15, 0.2) is 5.82 Å². The van der Waals surface area contributed by atoms with Crippen LogP contribution in [0.3, 0.4) is 0 Å². The highest BCUT2D eigenvalue weighted by Crippen LogP contribution is 2.31. The van der Waals surface area contributed by atoms with E-state index in [0.29, 0.717) is 22.0 Å². The molecular weight excluding hydrogens is 510 g/mol. The summed E-state index contributed by atoms with van der Waals surface area (Å²) < 4.78 is 6.41. The van der Waals surface area contributed by atoms with Crippen molar-refractivity contribution in [3.63, 3.8) is 0 Å². The SMILES string of the molecule is O=c1oc2ccc(Br)cc2cc1-c1nc(/N=C/c2c(-c3ccccc3)[nH]c3ccccc23)cs1. The van der Waals surface area contributed by atoms with E-state index < -0.39 is 5.63 Å². The van der Waals surface area contributed by atoms with E-state index in [4.69, 9.17) is 4.42 Å². The van der Waals surface area contributed by atoms with Gasteiger partial charge in [0.1, 0.15) is 10.6 Å². The molecule has 0 bridgehead atoms. The first kappa shape index (κ1) is 20.8. The van der Waals surface area contributed by atoms with Crippen LogP contribution in [0.15, 0.2) is 103 Å². The summed E-state index contributed by atoms with van der Waals surface area (Å²) in [4.78, 5) is 25.3. The van der Waals surface area contributed by atoms with E-state index in [1.807, 2.05) is 60.1 Å². The molecule has 0 amide bonds. The maximum atomic E-state index is 12.6. The Balaban J connectivity index is 1.40. The van der Waals surface area contributed by atoms with Crippen LogP contribution >= 0.6 is 27.3 Å². The lowest BCUT2D eigenvalue weighted by molar-refractivity contribution is 0.563. The fourth-order valence-electron chi connectivity index (χ4n) is 3.95. The minimum atomic E-state index is -0.414. The van der Waals surface area contributed by atoms with E-state index in [2.05, 4.69) is 55.2 Å². The average Bonchev–Trinajstić information content (AvgIpc) is 3.48. The van der Waals surface area contributed by atoms with E-state index in [0.717, 1.165) is 37.6 Å². The normalized spacial score (nSPS) is 11.7. The summed E-state index contributed by atoms with van der Waals surface area (Å²) in [7, 11) is 0. The highest BCUT2D eigenvalue weighted by molar-refractivity contribution is 9.10. The van der Waals surface area contributed by atoms with Gasteiger partial charge in [-0.2, -0.15) is 0 Å². The van der Waals surface area contributed by atoms with Gasteiger partial charge in [-0.1, -0.05) is 64.5 Å². The third-order valence-electron chi connectivity index (χ3n) is 5.55. The molecule has 6 aromatic rings. The van der Waals surface area contributed by atoms with Gasteiger partial charge >= 0.3 is 5.63 Å². The lowest BCUT2D eigenvalue weighted by atomic mass is 10.1. The Morgan fingerprint density at radius 3 is 2.71 bits per heavy atom. The predicted molar refractivity (Wildman–Crippen MR) is 142 cm³/mol. The largest absolute Gasteiger partial charge is 0.422 e. The van der Waals surface area contributed by atoms with Crippen molar-refractivity contribution in [2.75, 3.05) is 0 Å². The summed E-state index contributed by atoms with van der Waals surface area (Å²) >= 11 is 4.83. The molecule has 1 N–H and O–H groups in total. The van der Waals surface area contributed by atoms with Crippen molar-refractivity contribution in [1.82, 2.24) is 9.97 Å². The van der Waals surface area contributed by atoms with Crippen LogP contribution in [0, 0.1) is 0 Å². The Labute approximate surface area is 206 Å². The number of benzene rings is 3. The van der Waals surface area contributed by atoms with E-state index in [1.54, 1.807) is 6.07 Å². The van der Waals surface area contributed by atoms with E-state index in [-0.39, 0.29) is 0 Å². The molecule has 6 rings (SSSR count). The van der Waals surface area contributed by atoms with Crippen molar-refractivity contribution in [3.8, 4) is 21.8 Å². The van der Waals surface area contributed by atoms with E-state index >= 15 is 0 Å². The van der Waals surface area contributed by atoms with Crippen molar-refractivity contribution in [2.45, 2.75) is 0 Å². The molecule has 34 heavy (non-hydrogen) atoms. The minimum Gasteiger partial charge on any atom is -0.422 e. The Morgan fingerprint density at radius 1 is 1.00 bits per heavy atom. The molecule has 0 aliphatic heterocycles. The first-order chi connectivity index (χ1) is 16.7. The molecule has 0 fully saturated rings. The van der Waals surface area contributed by atoms with Crippen molar-refractivity contribution < 1.29 is 4.42 Å². The van der Waals surface area contributed by atoms with E-state index in [1.165, 1.54) is 11.3 Å². The number of rotatable bonds is 4. The quantitative estimate of drug-likeness (QED) is 0.190. The molecule has 7 heteroatoms. The van der Waals surface area contributed by atoms with Crippen LogP contribution in [0.2, 0.25) is 0 Å². The molecule has 3 aromatic heterocycles. The third-order valence-corrected chi connectivity index (χ3v) is 6.91. The molecule has 0 aliphatic carbocycles. The molecule has 0 radical (unpaired) electrons. The number of halogens is 1. The first-order valence-electron chi connectivity index (χ1n) is 10.6. The molecule has 0 aliphatic rings. The maximum absolute atomic E-state index is 12.6. The predicted octanol–water partition coefficient (Wildman–Crippen LogP) is 7.58. The molecule has 3 heterocycles. The summed E-state index contributed by atoms with van der Waals surface area (Å²) in [6, 6.07) is 25.7. The summed E-state index contributed by atoms with van der Waals surface area (Å²) in [6.07, 6.45) is 1.83. The van der Waals surface area contributed by atoms with Crippen LogP contribution in [-0.4, -0.2) is 16.2 Å². The maximum Gasteiger partial charge on any atom is 0.346 e. The highest BCUT2D eigenvalue weighted by Gasteiger charge is 2.14. The molecular formula is C27H16BrN3O2S. The summed E-state index contributed by atoms with van der Waals surface area (Å²) in [6.45, 7) is 0. The number of aromatic amines is 1. The van der Waals surface area contributed by atoms with Crippen molar-refractivity contribution in [3.05, 3.63) is 105 Å². The zero-order valence-electron chi connectivity index (χ0n) is 17.7. The molecule has 0 saturated heterocycles. The lowest BCUT2D eigenvalue weighted by Crippen LogP contribution is -2.02. The zero-order valence-corrected chi connectivity index (χ0v) is 20.1. The molecule has 0 saturated carbocycles. The number of hydrogen-bond donors (Lipinski definition) is 1. The highest BCUT2D eigenvalue weighted by atomic mass is 79.9. The lowest BCUT2D eigenvalue weighted by Gasteiger charge is -2.00. The smallest absolute Gasteiger partial charge is 0.346 e. The number of nitrogens with zero attached hydrogens (tertiary/aromatic N) is 2. The molecule has 0 unspecified atom stereocenters. The van der Waals surface area contributed by atoms with Gasteiger partial charge in [0, 0.05) is 37.9 Å². The van der Waals surface area contributed by atoms with Crippen LogP contribution < -0.4 is 5.63 Å². The monoisotopic (exact) mass is 525 g/mol. The second kappa shape index (κ2) is 8.52. The number of thiazole rings is 1. The Bertz CT molecular complexity index is 1750. The average molecular weight is 526 g/mol. The van der Waals surface area contributed by atoms with Crippen LogP contribution in [0.1, 0.15) is 5.56 Å². The number of aliphatic imine (C=N–C) groups is 1. The Hall–Kier alpha value is -3.81. The van der Waals surface area contributed by atoms with Gasteiger partial charge in [-0.25, -0.2) is 14.8 Å². The minimum absolute atomic E-state index is 0.414. The van der Waals surface area contributed by atoms with Crippen LogP contribution in [0.4, 0.5) is 5.82 Å². The van der Waals surface area contributed by atoms with Crippen molar-refractivity contribution in [2.24, 2.45) is 4.99 Å². The van der Waals surface area contributed by atoms with Gasteiger partial charge in [0.25, 0.3) is 0 Å². The topological polar surface area (TPSA) is 71.2 Å².